The Kier molecular flexibility index (Phi) is 4.44. The number of methoxy groups -OCH3 is 1. The summed E-state index contributed by atoms with van der Waals surface area (Å²) in [6, 6.07) is 5.07. The van der Waals surface area contributed by atoms with Crippen molar-refractivity contribution < 1.29 is 13.2 Å². The summed E-state index contributed by atoms with van der Waals surface area (Å²) in [5.41, 5.74) is 0.850. The van der Waals surface area contributed by atoms with E-state index in [1.807, 2.05) is 6.92 Å². The molecule has 0 amide bonds. The lowest BCUT2D eigenvalue weighted by Gasteiger charge is -2.12. The van der Waals surface area contributed by atoms with Crippen molar-refractivity contribution in [1.82, 2.24) is 10.0 Å². The van der Waals surface area contributed by atoms with Gasteiger partial charge in [0.1, 0.15) is 5.75 Å². The number of hydrogen-bond donors (Lipinski definition) is 2. The maximum absolute atomic E-state index is 12.1. The van der Waals surface area contributed by atoms with E-state index in [0.29, 0.717) is 17.2 Å². The highest BCUT2D eigenvalue weighted by Gasteiger charge is 2.28. The van der Waals surface area contributed by atoms with Gasteiger partial charge in [0.25, 0.3) is 0 Å². The van der Waals surface area contributed by atoms with Crippen LogP contribution in [-0.2, 0) is 16.6 Å². The molecule has 1 aliphatic rings. The van der Waals surface area contributed by atoms with Gasteiger partial charge < -0.3 is 10.1 Å². The normalized spacial score (nSPS) is 15.5. The molecule has 0 heterocycles. The van der Waals surface area contributed by atoms with E-state index in [1.165, 1.54) is 0 Å². The van der Waals surface area contributed by atoms with Gasteiger partial charge in [0.15, 0.2) is 0 Å². The van der Waals surface area contributed by atoms with E-state index < -0.39 is 10.0 Å². The lowest BCUT2D eigenvalue weighted by Crippen LogP contribution is -2.26. The molecule has 2 rings (SSSR count). The number of rotatable bonds is 7. The number of benzene rings is 1. The number of nitrogens with one attached hydrogen (secondary N) is 2. The van der Waals surface area contributed by atoms with Crippen molar-refractivity contribution in [2.45, 2.75) is 37.2 Å². The van der Waals surface area contributed by atoms with Crippen molar-refractivity contribution in [1.29, 1.82) is 0 Å². The summed E-state index contributed by atoms with van der Waals surface area (Å²) in [5.74, 6) is 0.700. The summed E-state index contributed by atoms with van der Waals surface area (Å²) >= 11 is 0. The number of sulfonamides is 1. The fourth-order valence-corrected chi connectivity index (χ4v) is 3.16. The van der Waals surface area contributed by atoms with E-state index in [-0.39, 0.29) is 6.04 Å². The molecule has 1 saturated carbocycles. The van der Waals surface area contributed by atoms with E-state index in [9.17, 15) is 8.42 Å². The molecule has 1 aromatic carbocycles. The van der Waals surface area contributed by atoms with Crippen LogP contribution < -0.4 is 14.8 Å². The Morgan fingerprint density at radius 1 is 1.37 bits per heavy atom. The lowest BCUT2D eigenvalue weighted by molar-refractivity contribution is 0.407. The highest BCUT2D eigenvalue weighted by molar-refractivity contribution is 7.89. The number of hydrogen-bond acceptors (Lipinski definition) is 4. The van der Waals surface area contributed by atoms with Crippen molar-refractivity contribution in [2.24, 2.45) is 0 Å². The van der Waals surface area contributed by atoms with Gasteiger partial charge in [0, 0.05) is 18.2 Å². The molecule has 106 valence electrons. The monoisotopic (exact) mass is 284 g/mol. The van der Waals surface area contributed by atoms with Crippen LogP contribution in [0.25, 0.3) is 0 Å². The minimum Gasteiger partial charge on any atom is -0.496 e. The van der Waals surface area contributed by atoms with Gasteiger partial charge in [-0.3, -0.25) is 0 Å². The SMILES string of the molecule is CCNCc1cc(S(=O)(=O)NC2CC2)ccc1OC. The second-order valence-corrected chi connectivity index (χ2v) is 6.36. The fraction of sp³-hybridized carbons (Fsp3) is 0.538. The minimum absolute atomic E-state index is 0.115. The Balaban J connectivity index is 2.25. The van der Waals surface area contributed by atoms with Crippen molar-refractivity contribution >= 4 is 10.0 Å². The van der Waals surface area contributed by atoms with Crippen LogP contribution in [-0.4, -0.2) is 28.1 Å². The second-order valence-electron chi connectivity index (χ2n) is 4.65. The summed E-state index contributed by atoms with van der Waals surface area (Å²) < 4.78 is 32.2. The Morgan fingerprint density at radius 2 is 2.11 bits per heavy atom. The van der Waals surface area contributed by atoms with Gasteiger partial charge in [-0.05, 0) is 37.6 Å². The Morgan fingerprint density at radius 3 is 2.68 bits per heavy atom. The van der Waals surface area contributed by atoms with Crippen molar-refractivity contribution in [2.75, 3.05) is 13.7 Å². The Hall–Kier alpha value is -1.11. The summed E-state index contributed by atoms with van der Waals surface area (Å²) in [5, 5.41) is 3.18. The van der Waals surface area contributed by atoms with Crippen molar-refractivity contribution in [3.05, 3.63) is 23.8 Å². The molecule has 1 aromatic rings. The molecule has 0 saturated heterocycles. The van der Waals surface area contributed by atoms with Gasteiger partial charge in [-0.15, -0.1) is 0 Å². The maximum Gasteiger partial charge on any atom is 0.240 e. The van der Waals surface area contributed by atoms with Crippen molar-refractivity contribution in [3.8, 4) is 5.75 Å². The molecule has 0 unspecified atom stereocenters. The van der Waals surface area contributed by atoms with Gasteiger partial charge in [0.2, 0.25) is 10.0 Å². The molecule has 0 aromatic heterocycles. The largest absolute Gasteiger partial charge is 0.496 e. The quantitative estimate of drug-likeness (QED) is 0.790. The first-order chi connectivity index (χ1) is 9.06. The highest BCUT2D eigenvalue weighted by Crippen LogP contribution is 2.25. The average molecular weight is 284 g/mol. The van der Waals surface area contributed by atoms with E-state index in [1.54, 1.807) is 25.3 Å². The van der Waals surface area contributed by atoms with Crippen LogP contribution >= 0.6 is 0 Å². The molecule has 0 atom stereocenters. The van der Waals surface area contributed by atoms with Gasteiger partial charge in [-0.2, -0.15) is 0 Å². The molecule has 2 N–H and O–H groups in total. The average Bonchev–Trinajstić information content (AvgIpc) is 3.19. The molecule has 6 heteroatoms. The lowest BCUT2D eigenvalue weighted by atomic mass is 10.2. The smallest absolute Gasteiger partial charge is 0.240 e. The number of ether oxygens (including phenoxy) is 1. The van der Waals surface area contributed by atoms with Crippen LogP contribution in [0.15, 0.2) is 23.1 Å². The summed E-state index contributed by atoms with van der Waals surface area (Å²) in [6.07, 6.45) is 1.86. The van der Waals surface area contributed by atoms with Gasteiger partial charge >= 0.3 is 0 Å². The van der Waals surface area contributed by atoms with Crippen molar-refractivity contribution in [3.63, 3.8) is 0 Å². The molecule has 1 fully saturated rings. The molecular weight excluding hydrogens is 264 g/mol. The summed E-state index contributed by atoms with van der Waals surface area (Å²) in [6.45, 7) is 3.41. The highest BCUT2D eigenvalue weighted by atomic mass is 32.2. The molecular formula is C13H20N2O3S. The van der Waals surface area contributed by atoms with E-state index in [4.69, 9.17) is 4.74 Å². The topological polar surface area (TPSA) is 67.4 Å². The first-order valence-electron chi connectivity index (χ1n) is 6.46. The third-order valence-corrected chi connectivity index (χ3v) is 4.54. The fourth-order valence-electron chi connectivity index (χ4n) is 1.81. The van der Waals surface area contributed by atoms with Gasteiger partial charge in [0.05, 0.1) is 12.0 Å². The predicted molar refractivity (Wildman–Crippen MR) is 73.7 cm³/mol. The molecule has 19 heavy (non-hydrogen) atoms. The summed E-state index contributed by atoms with van der Waals surface area (Å²) in [4.78, 5) is 0.299. The zero-order valence-electron chi connectivity index (χ0n) is 11.3. The molecule has 0 radical (unpaired) electrons. The Labute approximate surface area is 114 Å². The van der Waals surface area contributed by atoms with Crippen LogP contribution in [0.5, 0.6) is 5.75 Å². The zero-order chi connectivity index (χ0) is 13.9. The summed E-state index contributed by atoms with van der Waals surface area (Å²) in [7, 11) is -1.82. The van der Waals surface area contributed by atoms with E-state index in [2.05, 4.69) is 10.0 Å². The first kappa shape index (κ1) is 14.3. The maximum atomic E-state index is 12.1. The minimum atomic E-state index is -3.40. The third kappa shape index (κ3) is 3.68. The molecule has 5 nitrogen and oxygen atoms in total. The second kappa shape index (κ2) is 5.90. The van der Waals surface area contributed by atoms with Gasteiger partial charge in [-0.1, -0.05) is 6.92 Å². The zero-order valence-corrected chi connectivity index (χ0v) is 12.1. The van der Waals surface area contributed by atoms with Gasteiger partial charge in [-0.25, -0.2) is 13.1 Å². The van der Waals surface area contributed by atoms with Crippen LogP contribution in [0.4, 0.5) is 0 Å². The molecule has 0 bridgehead atoms. The molecule has 1 aliphatic carbocycles. The molecule has 0 aliphatic heterocycles. The van der Waals surface area contributed by atoms with Crippen LogP contribution in [0.1, 0.15) is 25.3 Å². The molecule has 0 spiro atoms. The third-order valence-electron chi connectivity index (χ3n) is 3.03. The van der Waals surface area contributed by atoms with E-state index in [0.717, 1.165) is 24.9 Å². The predicted octanol–water partition coefficient (Wildman–Crippen LogP) is 1.25. The van der Waals surface area contributed by atoms with Crippen LogP contribution in [0, 0.1) is 0 Å². The Bertz CT molecular complexity index is 539. The van der Waals surface area contributed by atoms with Crippen LogP contribution in [0.2, 0.25) is 0 Å². The van der Waals surface area contributed by atoms with E-state index >= 15 is 0 Å². The first-order valence-corrected chi connectivity index (χ1v) is 7.95. The standard InChI is InChI=1S/C13H20N2O3S/c1-3-14-9-10-8-12(6-7-13(10)18-2)19(16,17)15-11-4-5-11/h6-8,11,14-15H,3-5,9H2,1-2H3. The van der Waals surface area contributed by atoms with Crippen LogP contribution in [0.3, 0.4) is 0 Å².